The molecule has 1 saturated carbocycles. The molecule has 1 fully saturated rings. The molecule has 1 aliphatic carbocycles. The van der Waals surface area contributed by atoms with Crippen molar-refractivity contribution in [1.29, 1.82) is 0 Å². The molecular formula is C8H9N2. The van der Waals surface area contributed by atoms with Crippen LogP contribution in [0.1, 0.15) is 12.8 Å². The quantitative estimate of drug-likeness (QED) is 0.660. The van der Waals surface area contributed by atoms with E-state index >= 15 is 0 Å². The Hall–Kier alpha value is -1.05. The summed E-state index contributed by atoms with van der Waals surface area (Å²) in [7, 11) is 0. The molecule has 0 spiro atoms. The number of rotatable bonds is 2. The lowest BCUT2D eigenvalue weighted by Crippen LogP contribution is -2.00. The number of pyridine rings is 1. The minimum Gasteiger partial charge on any atom is -0.381 e. The van der Waals surface area contributed by atoms with Gasteiger partial charge in [-0.3, -0.25) is 4.98 Å². The number of hydrogen-bond donors (Lipinski definition) is 1. The first-order valence-electron chi connectivity index (χ1n) is 3.53. The highest BCUT2D eigenvalue weighted by Gasteiger charge is 2.20. The highest BCUT2D eigenvalue weighted by atomic mass is 15.0. The monoisotopic (exact) mass is 133 g/mol. The predicted octanol–water partition coefficient (Wildman–Crippen LogP) is 1.46. The molecule has 51 valence electrons. The van der Waals surface area contributed by atoms with E-state index in [-0.39, 0.29) is 0 Å². The van der Waals surface area contributed by atoms with Crippen molar-refractivity contribution in [3.8, 4) is 0 Å². The Morgan fingerprint density at radius 1 is 1.60 bits per heavy atom. The Labute approximate surface area is 60.3 Å². The van der Waals surface area contributed by atoms with Gasteiger partial charge >= 0.3 is 0 Å². The predicted molar refractivity (Wildman–Crippen MR) is 39.7 cm³/mol. The Kier molecular flexibility index (Phi) is 1.31. The van der Waals surface area contributed by atoms with Crippen LogP contribution in [0, 0.1) is 6.07 Å². The Morgan fingerprint density at radius 3 is 3.10 bits per heavy atom. The van der Waals surface area contributed by atoms with E-state index in [1.54, 1.807) is 6.20 Å². The van der Waals surface area contributed by atoms with Crippen LogP contribution in [0.5, 0.6) is 0 Å². The molecule has 2 rings (SSSR count). The molecule has 1 heterocycles. The number of hydrogen-bond acceptors (Lipinski definition) is 2. The van der Waals surface area contributed by atoms with Crippen molar-refractivity contribution in [2.75, 3.05) is 5.32 Å². The van der Waals surface area contributed by atoms with Crippen molar-refractivity contribution in [1.82, 2.24) is 4.98 Å². The average molecular weight is 133 g/mol. The van der Waals surface area contributed by atoms with Crippen LogP contribution >= 0.6 is 0 Å². The number of aromatic nitrogens is 1. The van der Waals surface area contributed by atoms with Crippen LogP contribution in [-0.2, 0) is 0 Å². The van der Waals surface area contributed by atoms with Gasteiger partial charge in [0.05, 0.1) is 5.69 Å². The molecule has 10 heavy (non-hydrogen) atoms. The van der Waals surface area contributed by atoms with Crippen LogP contribution < -0.4 is 5.32 Å². The summed E-state index contributed by atoms with van der Waals surface area (Å²) in [5.74, 6) is 0. The summed E-state index contributed by atoms with van der Waals surface area (Å²) >= 11 is 0. The molecule has 1 N–H and O–H groups in total. The van der Waals surface area contributed by atoms with Gasteiger partial charge in [-0.05, 0) is 18.9 Å². The normalized spacial score (nSPS) is 16.8. The Bertz CT molecular complexity index is 204. The highest BCUT2D eigenvalue weighted by Crippen LogP contribution is 2.23. The molecule has 0 bridgehead atoms. The van der Waals surface area contributed by atoms with Gasteiger partial charge in [-0.2, -0.15) is 0 Å². The third-order valence-corrected chi connectivity index (χ3v) is 1.55. The molecule has 0 saturated heterocycles. The van der Waals surface area contributed by atoms with Gasteiger partial charge in [-0.1, -0.05) is 0 Å². The molecule has 0 unspecified atom stereocenters. The first kappa shape index (κ1) is 5.71. The van der Waals surface area contributed by atoms with E-state index in [1.165, 1.54) is 12.8 Å². The van der Waals surface area contributed by atoms with E-state index in [2.05, 4.69) is 16.4 Å². The SMILES string of the molecule is [c]1cncc(NC2CC2)c1. The van der Waals surface area contributed by atoms with Gasteiger partial charge in [-0.25, -0.2) is 0 Å². The fourth-order valence-electron chi connectivity index (χ4n) is 0.867. The lowest BCUT2D eigenvalue weighted by Gasteiger charge is -2.00. The van der Waals surface area contributed by atoms with Crippen LogP contribution in [0.4, 0.5) is 5.69 Å². The molecule has 0 aliphatic heterocycles. The number of nitrogens with zero attached hydrogens (tertiary/aromatic N) is 1. The van der Waals surface area contributed by atoms with E-state index in [9.17, 15) is 0 Å². The second-order valence-electron chi connectivity index (χ2n) is 2.59. The zero-order chi connectivity index (χ0) is 6.81. The summed E-state index contributed by atoms with van der Waals surface area (Å²) in [6.45, 7) is 0. The largest absolute Gasteiger partial charge is 0.381 e. The minimum atomic E-state index is 0.706. The first-order chi connectivity index (χ1) is 4.95. The maximum absolute atomic E-state index is 3.95. The van der Waals surface area contributed by atoms with Gasteiger partial charge in [0.15, 0.2) is 0 Å². The molecular weight excluding hydrogens is 124 g/mol. The van der Waals surface area contributed by atoms with E-state index in [0.29, 0.717) is 6.04 Å². The lowest BCUT2D eigenvalue weighted by atomic mass is 10.4. The highest BCUT2D eigenvalue weighted by molar-refractivity contribution is 5.41. The van der Waals surface area contributed by atoms with E-state index in [4.69, 9.17) is 0 Å². The first-order valence-corrected chi connectivity index (χ1v) is 3.53. The van der Waals surface area contributed by atoms with Crippen molar-refractivity contribution >= 4 is 5.69 Å². The fraction of sp³-hybridized carbons (Fsp3) is 0.375. The third-order valence-electron chi connectivity index (χ3n) is 1.55. The summed E-state index contributed by atoms with van der Waals surface area (Å²) in [5.41, 5.74) is 1.09. The summed E-state index contributed by atoms with van der Waals surface area (Å²) < 4.78 is 0. The fourth-order valence-corrected chi connectivity index (χ4v) is 0.867. The van der Waals surface area contributed by atoms with Crippen LogP contribution in [-0.4, -0.2) is 11.0 Å². The van der Waals surface area contributed by atoms with Gasteiger partial charge in [0, 0.05) is 24.5 Å². The summed E-state index contributed by atoms with van der Waals surface area (Å²) in [4.78, 5) is 3.95. The van der Waals surface area contributed by atoms with Crippen molar-refractivity contribution in [2.24, 2.45) is 0 Å². The number of nitrogens with one attached hydrogen (secondary N) is 1. The second-order valence-corrected chi connectivity index (χ2v) is 2.59. The Balaban J connectivity index is 2.03. The smallest absolute Gasteiger partial charge is 0.0535 e. The minimum absolute atomic E-state index is 0.706. The summed E-state index contributed by atoms with van der Waals surface area (Å²) in [5, 5.41) is 3.32. The Morgan fingerprint density at radius 2 is 2.50 bits per heavy atom. The van der Waals surface area contributed by atoms with Crippen LogP contribution in [0.2, 0.25) is 0 Å². The average Bonchev–Trinajstić information content (AvgIpc) is 2.74. The topological polar surface area (TPSA) is 24.9 Å². The zero-order valence-electron chi connectivity index (χ0n) is 5.67. The second kappa shape index (κ2) is 2.29. The third kappa shape index (κ3) is 1.26. The van der Waals surface area contributed by atoms with Gasteiger partial charge in [0.1, 0.15) is 0 Å². The molecule has 0 aromatic carbocycles. The van der Waals surface area contributed by atoms with Crippen LogP contribution in [0.3, 0.4) is 0 Å². The van der Waals surface area contributed by atoms with E-state index < -0.39 is 0 Å². The van der Waals surface area contributed by atoms with E-state index in [0.717, 1.165) is 5.69 Å². The maximum atomic E-state index is 3.95. The molecule has 0 atom stereocenters. The molecule has 2 nitrogen and oxygen atoms in total. The molecule has 1 aliphatic rings. The maximum Gasteiger partial charge on any atom is 0.0535 e. The summed E-state index contributed by atoms with van der Waals surface area (Å²) in [6.07, 6.45) is 6.09. The zero-order valence-corrected chi connectivity index (χ0v) is 5.67. The molecule has 1 aromatic heterocycles. The number of anilines is 1. The van der Waals surface area contributed by atoms with Crippen molar-refractivity contribution in [2.45, 2.75) is 18.9 Å². The van der Waals surface area contributed by atoms with Gasteiger partial charge < -0.3 is 5.32 Å². The summed E-state index contributed by atoms with van der Waals surface area (Å²) in [6, 6.07) is 5.55. The van der Waals surface area contributed by atoms with Gasteiger partial charge in [-0.15, -0.1) is 0 Å². The van der Waals surface area contributed by atoms with Crippen molar-refractivity contribution in [3.05, 3.63) is 24.5 Å². The molecule has 0 amide bonds. The van der Waals surface area contributed by atoms with Crippen LogP contribution in [0.15, 0.2) is 18.5 Å². The van der Waals surface area contributed by atoms with E-state index in [1.807, 2.05) is 12.3 Å². The van der Waals surface area contributed by atoms with Crippen LogP contribution in [0.25, 0.3) is 0 Å². The lowest BCUT2D eigenvalue weighted by molar-refractivity contribution is 1.14. The molecule has 2 heteroatoms. The van der Waals surface area contributed by atoms with Gasteiger partial charge in [0.25, 0.3) is 0 Å². The van der Waals surface area contributed by atoms with Crippen molar-refractivity contribution < 1.29 is 0 Å². The van der Waals surface area contributed by atoms with Crippen molar-refractivity contribution in [3.63, 3.8) is 0 Å². The standard InChI is InChI=1S/C8H9N2/c1-2-8(6-9-5-1)10-7-3-4-7/h2,5-7,10H,3-4H2. The molecule has 1 radical (unpaired) electrons. The van der Waals surface area contributed by atoms with Gasteiger partial charge in [0.2, 0.25) is 0 Å². The molecule has 1 aromatic rings.